The predicted octanol–water partition coefficient (Wildman–Crippen LogP) is 3.04. The number of aryl methyl sites for hydroxylation is 1. The van der Waals surface area contributed by atoms with Gasteiger partial charge in [0.2, 0.25) is 5.91 Å². The van der Waals surface area contributed by atoms with Crippen molar-refractivity contribution in [2.75, 3.05) is 13.1 Å². The molecule has 110 valence electrons. The highest BCUT2D eigenvalue weighted by Gasteiger charge is 2.28. The fourth-order valence-corrected chi connectivity index (χ4v) is 3.10. The molecule has 1 aliphatic rings. The Hall–Kier alpha value is -1.35. The van der Waals surface area contributed by atoms with Crippen LogP contribution in [0.4, 0.5) is 0 Å². The zero-order chi connectivity index (χ0) is 14.4. The summed E-state index contributed by atoms with van der Waals surface area (Å²) in [5.41, 5.74) is 8.12. The van der Waals surface area contributed by atoms with Crippen molar-refractivity contribution >= 4 is 5.91 Å². The second kappa shape index (κ2) is 7.44. The van der Waals surface area contributed by atoms with Gasteiger partial charge in [0.15, 0.2) is 0 Å². The minimum absolute atomic E-state index is 0.212. The molecule has 1 amide bonds. The van der Waals surface area contributed by atoms with Gasteiger partial charge in [-0.25, -0.2) is 0 Å². The minimum Gasteiger partial charge on any atom is -0.368 e. The quantitative estimate of drug-likeness (QED) is 0.866. The molecule has 1 fully saturated rings. The molecule has 1 atom stereocenters. The van der Waals surface area contributed by atoms with Crippen LogP contribution in [0.1, 0.15) is 56.2 Å². The lowest BCUT2D eigenvalue weighted by Crippen LogP contribution is -2.41. The summed E-state index contributed by atoms with van der Waals surface area (Å²) in [5.74, 6) is -0.212. The second-order valence-electron chi connectivity index (χ2n) is 5.70. The molecule has 0 aliphatic carbocycles. The van der Waals surface area contributed by atoms with Crippen LogP contribution in [0.5, 0.6) is 0 Å². The highest BCUT2D eigenvalue weighted by atomic mass is 16.1. The molecule has 1 aromatic carbocycles. The van der Waals surface area contributed by atoms with Crippen molar-refractivity contribution in [3.8, 4) is 0 Å². The first-order valence-electron chi connectivity index (χ1n) is 7.85. The van der Waals surface area contributed by atoms with Crippen LogP contribution in [0, 0.1) is 0 Å². The van der Waals surface area contributed by atoms with Crippen molar-refractivity contribution in [1.29, 1.82) is 0 Å². The molecule has 0 spiro atoms. The molecular formula is C17H26N2O. The monoisotopic (exact) mass is 274 g/mol. The SMILES string of the molecule is CCCCc1ccccc1C(C(N)=O)N1CCCCC1. The van der Waals surface area contributed by atoms with E-state index in [4.69, 9.17) is 5.73 Å². The molecule has 1 heterocycles. The van der Waals surface area contributed by atoms with Crippen LogP contribution in [0.15, 0.2) is 24.3 Å². The van der Waals surface area contributed by atoms with E-state index in [1.165, 1.54) is 31.2 Å². The maximum absolute atomic E-state index is 12.0. The fourth-order valence-electron chi connectivity index (χ4n) is 3.10. The maximum atomic E-state index is 12.0. The summed E-state index contributed by atoms with van der Waals surface area (Å²) in [7, 11) is 0. The van der Waals surface area contributed by atoms with Gasteiger partial charge in [0, 0.05) is 0 Å². The van der Waals surface area contributed by atoms with Crippen molar-refractivity contribution in [2.24, 2.45) is 5.73 Å². The molecule has 3 nitrogen and oxygen atoms in total. The first-order chi connectivity index (χ1) is 9.74. The molecule has 0 saturated carbocycles. The Kier molecular flexibility index (Phi) is 5.60. The highest BCUT2D eigenvalue weighted by Crippen LogP contribution is 2.27. The van der Waals surface area contributed by atoms with Crippen LogP contribution >= 0.6 is 0 Å². The number of nitrogens with zero attached hydrogens (tertiary/aromatic N) is 1. The molecule has 2 rings (SSSR count). The zero-order valence-electron chi connectivity index (χ0n) is 12.5. The summed E-state index contributed by atoms with van der Waals surface area (Å²) in [6, 6.07) is 8.05. The number of amides is 1. The van der Waals surface area contributed by atoms with Gasteiger partial charge in [-0.05, 0) is 49.9 Å². The molecule has 1 aromatic rings. The Balaban J connectivity index is 2.26. The van der Waals surface area contributed by atoms with Crippen LogP contribution in [0.25, 0.3) is 0 Å². The van der Waals surface area contributed by atoms with Gasteiger partial charge in [0.1, 0.15) is 6.04 Å². The van der Waals surface area contributed by atoms with Crippen molar-refractivity contribution < 1.29 is 4.79 Å². The van der Waals surface area contributed by atoms with Gasteiger partial charge in [0.25, 0.3) is 0 Å². The van der Waals surface area contributed by atoms with Crippen LogP contribution in [-0.4, -0.2) is 23.9 Å². The predicted molar refractivity (Wildman–Crippen MR) is 82.4 cm³/mol. The third-order valence-corrected chi connectivity index (χ3v) is 4.17. The first-order valence-corrected chi connectivity index (χ1v) is 7.85. The standard InChI is InChI=1S/C17H26N2O/c1-2-3-9-14-10-5-6-11-15(14)16(17(18)20)19-12-7-4-8-13-19/h5-6,10-11,16H,2-4,7-9,12-13H2,1H3,(H2,18,20). The van der Waals surface area contributed by atoms with Gasteiger partial charge in [0.05, 0.1) is 0 Å². The minimum atomic E-state index is -0.247. The van der Waals surface area contributed by atoms with Crippen LogP contribution < -0.4 is 5.73 Å². The van der Waals surface area contributed by atoms with Crippen molar-refractivity contribution in [1.82, 2.24) is 4.90 Å². The third-order valence-electron chi connectivity index (χ3n) is 4.17. The van der Waals surface area contributed by atoms with E-state index in [2.05, 4.69) is 30.0 Å². The van der Waals surface area contributed by atoms with Gasteiger partial charge in [-0.15, -0.1) is 0 Å². The lowest BCUT2D eigenvalue weighted by atomic mass is 9.94. The molecule has 3 heteroatoms. The number of carbonyl (C=O) groups excluding carboxylic acids is 1. The number of piperidine rings is 1. The molecule has 2 N–H and O–H groups in total. The molecule has 1 unspecified atom stereocenters. The Morgan fingerprint density at radius 3 is 2.60 bits per heavy atom. The number of primary amides is 1. The Morgan fingerprint density at radius 1 is 1.25 bits per heavy atom. The van der Waals surface area contributed by atoms with Crippen LogP contribution in [-0.2, 0) is 11.2 Å². The van der Waals surface area contributed by atoms with Gasteiger partial charge in [-0.3, -0.25) is 9.69 Å². The Labute approximate surface area is 122 Å². The zero-order valence-corrected chi connectivity index (χ0v) is 12.5. The first kappa shape index (κ1) is 15.0. The van der Waals surface area contributed by atoms with Gasteiger partial charge < -0.3 is 5.73 Å². The number of carbonyl (C=O) groups is 1. The van der Waals surface area contributed by atoms with Crippen molar-refractivity contribution in [2.45, 2.75) is 51.5 Å². The average Bonchev–Trinajstić information content (AvgIpc) is 2.47. The number of unbranched alkanes of at least 4 members (excludes halogenated alkanes) is 1. The summed E-state index contributed by atoms with van der Waals surface area (Å²) in [5, 5.41) is 0. The van der Waals surface area contributed by atoms with E-state index < -0.39 is 0 Å². The van der Waals surface area contributed by atoms with Crippen molar-refractivity contribution in [3.05, 3.63) is 35.4 Å². The number of nitrogens with two attached hydrogens (primary N) is 1. The molecule has 1 aliphatic heterocycles. The van der Waals surface area contributed by atoms with E-state index in [1.54, 1.807) is 0 Å². The smallest absolute Gasteiger partial charge is 0.239 e. The summed E-state index contributed by atoms with van der Waals surface area (Å²) < 4.78 is 0. The lowest BCUT2D eigenvalue weighted by molar-refractivity contribution is -0.123. The van der Waals surface area contributed by atoms with E-state index in [1.807, 2.05) is 6.07 Å². The van der Waals surface area contributed by atoms with E-state index in [0.29, 0.717) is 0 Å². The summed E-state index contributed by atoms with van der Waals surface area (Å²) >= 11 is 0. The van der Waals surface area contributed by atoms with E-state index in [-0.39, 0.29) is 11.9 Å². The average molecular weight is 274 g/mol. The number of hydrogen-bond acceptors (Lipinski definition) is 2. The van der Waals surface area contributed by atoms with Crippen molar-refractivity contribution in [3.63, 3.8) is 0 Å². The van der Waals surface area contributed by atoms with Gasteiger partial charge in [-0.2, -0.15) is 0 Å². The normalized spacial score (nSPS) is 17.9. The third kappa shape index (κ3) is 3.60. The highest BCUT2D eigenvalue weighted by molar-refractivity contribution is 5.82. The van der Waals surface area contributed by atoms with E-state index in [0.717, 1.165) is 31.5 Å². The molecule has 0 aromatic heterocycles. The number of likely N-dealkylation sites (tertiary alicyclic amines) is 1. The topological polar surface area (TPSA) is 46.3 Å². The lowest BCUT2D eigenvalue weighted by Gasteiger charge is -2.33. The largest absolute Gasteiger partial charge is 0.368 e. The Morgan fingerprint density at radius 2 is 1.95 bits per heavy atom. The number of rotatable bonds is 6. The molecule has 0 bridgehead atoms. The summed E-state index contributed by atoms with van der Waals surface area (Å²) in [4.78, 5) is 14.3. The number of benzene rings is 1. The molecule has 1 saturated heterocycles. The molecular weight excluding hydrogens is 248 g/mol. The van der Waals surface area contributed by atoms with Gasteiger partial charge in [-0.1, -0.05) is 44.0 Å². The second-order valence-corrected chi connectivity index (χ2v) is 5.70. The summed E-state index contributed by atoms with van der Waals surface area (Å²) in [6.07, 6.45) is 6.95. The van der Waals surface area contributed by atoms with E-state index >= 15 is 0 Å². The van der Waals surface area contributed by atoms with Gasteiger partial charge >= 0.3 is 0 Å². The van der Waals surface area contributed by atoms with Crippen LogP contribution in [0.3, 0.4) is 0 Å². The van der Waals surface area contributed by atoms with E-state index in [9.17, 15) is 4.79 Å². The summed E-state index contributed by atoms with van der Waals surface area (Å²) in [6.45, 7) is 4.16. The van der Waals surface area contributed by atoms with Crippen LogP contribution in [0.2, 0.25) is 0 Å². The molecule has 20 heavy (non-hydrogen) atoms. The Bertz CT molecular complexity index is 438. The number of hydrogen-bond donors (Lipinski definition) is 1. The maximum Gasteiger partial charge on any atom is 0.239 e. The molecule has 0 radical (unpaired) electrons. The fraction of sp³-hybridized carbons (Fsp3) is 0.588.